The molecule has 0 N–H and O–H groups in total. The predicted octanol–water partition coefficient (Wildman–Crippen LogP) is 2.98. The van der Waals surface area contributed by atoms with E-state index >= 15 is 0 Å². The minimum Gasteiger partial charge on any atom is -0.353 e. The van der Waals surface area contributed by atoms with Crippen LogP contribution in [0.5, 0.6) is 0 Å². The molecule has 1 aliphatic heterocycles. The molecule has 0 saturated carbocycles. The van der Waals surface area contributed by atoms with E-state index in [1.165, 1.54) is 16.7 Å². The third-order valence-corrected chi connectivity index (χ3v) is 4.71. The van der Waals surface area contributed by atoms with Crippen molar-refractivity contribution in [3.8, 4) is 0 Å². The summed E-state index contributed by atoms with van der Waals surface area (Å²) in [4.78, 5) is 21.1. The maximum absolute atomic E-state index is 12.5. The fourth-order valence-corrected chi connectivity index (χ4v) is 3.25. The zero-order valence-corrected chi connectivity index (χ0v) is 14.5. The van der Waals surface area contributed by atoms with Crippen molar-refractivity contribution >= 4 is 11.7 Å². The first kappa shape index (κ1) is 16.5. The SMILES string of the molecule is Cc1ccc(CCC(=O)N2CCN(c3ccccn3)CC2)c(C)c1. The lowest BCUT2D eigenvalue weighted by molar-refractivity contribution is -0.131. The van der Waals surface area contributed by atoms with Crippen molar-refractivity contribution in [2.45, 2.75) is 26.7 Å². The van der Waals surface area contributed by atoms with E-state index in [1.807, 2.05) is 29.3 Å². The first-order chi connectivity index (χ1) is 11.6. The van der Waals surface area contributed by atoms with Crippen LogP contribution >= 0.6 is 0 Å². The van der Waals surface area contributed by atoms with Crippen LogP contribution in [0.4, 0.5) is 5.82 Å². The molecule has 0 unspecified atom stereocenters. The van der Waals surface area contributed by atoms with E-state index in [1.54, 1.807) is 0 Å². The molecule has 0 atom stereocenters. The standard InChI is InChI=1S/C20H25N3O/c1-16-6-7-18(17(2)15-16)8-9-20(24)23-13-11-22(12-14-23)19-5-3-4-10-21-19/h3-7,10,15H,8-9,11-14H2,1-2H3. The first-order valence-corrected chi connectivity index (χ1v) is 8.63. The van der Waals surface area contributed by atoms with Crippen molar-refractivity contribution in [3.63, 3.8) is 0 Å². The van der Waals surface area contributed by atoms with Gasteiger partial charge in [0.05, 0.1) is 0 Å². The molecule has 1 saturated heterocycles. The Morgan fingerprint density at radius 1 is 1.08 bits per heavy atom. The maximum atomic E-state index is 12.5. The summed E-state index contributed by atoms with van der Waals surface area (Å²) in [7, 11) is 0. The molecular formula is C20H25N3O. The fourth-order valence-electron chi connectivity index (χ4n) is 3.25. The highest BCUT2D eigenvalue weighted by Crippen LogP contribution is 2.15. The minimum absolute atomic E-state index is 0.260. The van der Waals surface area contributed by atoms with Crippen LogP contribution in [0.15, 0.2) is 42.6 Å². The van der Waals surface area contributed by atoms with Gasteiger partial charge >= 0.3 is 0 Å². The molecule has 126 valence electrons. The Morgan fingerprint density at radius 2 is 1.88 bits per heavy atom. The number of anilines is 1. The van der Waals surface area contributed by atoms with E-state index in [9.17, 15) is 4.79 Å². The number of hydrogen-bond donors (Lipinski definition) is 0. The monoisotopic (exact) mass is 323 g/mol. The van der Waals surface area contributed by atoms with Crippen molar-refractivity contribution in [2.75, 3.05) is 31.1 Å². The zero-order valence-electron chi connectivity index (χ0n) is 14.5. The number of piperazine rings is 1. The van der Waals surface area contributed by atoms with E-state index in [4.69, 9.17) is 0 Å². The van der Waals surface area contributed by atoms with Gasteiger partial charge in [-0.2, -0.15) is 0 Å². The third kappa shape index (κ3) is 3.94. The van der Waals surface area contributed by atoms with Gasteiger partial charge in [-0.1, -0.05) is 29.8 Å². The molecule has 0 aliphatic carbocycles. The normalized spacial score (nSPS) is 14.8. The number of carbonyl (C=O) groups excluding carboxylic acids is 1. The Balaban J connectivity index is 1.50. The molecule has 1 fully saturated rings. The summed E-state index contributed by atoms with van der Waals surface area (Å²) < 4.78 is 0. The molecule has 1 aliphatic rings. The summed E-state index contributed by atoms with van der Waals surface area (Å²) in [6.45, 7) is 7.49. The van der Waals surface area contributed by atoms with E-state index in [0.717, 1.165) is 38.4 Å². The van der Waals surface area contributed by atoms with Gasteiger partial charge in [0.15, 0.2) is 0 Å². The van der Waals surface area contributed by atoms with Gasteiger partial charge in [0.2, 0.25) is 5.91 Å². The first-order valence-electron chi connectivity index (χ1n) is 8.63. The molecule has 4 nitrogen and oxygen atoms in total. The van der Waals surface area contributed by atoms with Crippen LogP contribution in [0.1, 0.15) is 23.1 Å². The molecule has 3 rings (SSSR count). The highest BCUT2D eigenvalue weighted by molar-refractivity contribution is 5.76. The van der Waals surface area contributed by atoms with Crippen LogP contribution in [0, 0.1) is 13.8 Å². The van der Waals surface area contributed by atoms with Crippen molar-refractivity contribution in [1.29, 1.82) is 0 Å². The van der Waals surface area contributed by atoms with Gasteiger partial charge in [0, 0.05) is 38.8 Å². The second-order valence-electron chi connectivity index (χ2n) is 6.49. The molecule has 24 heavy (non-hydrogen) atoms. The van der Waals surface area contributed by atoms with E-state index in [-0.39, 0.29) is 5.91 Å². The van der Waals surface area contributed by atoms with Crippen molar-refractivity contribution < 1.29 is 4.79 Å². The van der Waals surface area contributed by atoms with Crippen molar-refractivity contribution in [3.05, 3.63) is 59.3 Å². The highest BCUT2D eigenvalue weighted by Gasteiger charge is 2.21. The van der Waals surface area contributed by atoms with Crippen molar-refractivity contribution in [1.82, 2.24) is 9.88 Å². The second kappa shape index (κ2) is 7.47. The van der Waals surface area contributed by atoms with Gasteiger partial charge in [-0.3, -0.25) is 4.79 Å². The molecule has 1 amide bonds. The second-order valence-corrected chi connectivity index (χ2v) is 6.49. The molecule has 0 bridgehead atoms. The van der Waals surface area contributed by atoms with E-state index in [0.29, 0.717) is 6.42 Å². The lowest BCUT2D eigenvalue weighted by Crippen LogP contribution is -2.49. The summed E-state index contributed by atoms with van der Waals surface area (Å²) >= 11 is 0. The van der Waals surface area contributed by atoms with Gasteiger partial charge in [0.1, 0.15) is 5.82 Å². The summed E-state index contributed by atoms with van der Waals surface area (Å²) in [5, 5.41) is 0. The maximum Gasteiger partial charge on any atom is 0.223 e. The molecule has 4 heteroatoms. The lowest BCUT2D eigenvalue weighted by Gasteiger charge is -2.35. The number of rotatable bonds is 4. The number of benzene rings is 1. The number of amides is 1. The number of carbonyl (C=O) groups is 1. The predicted molar refractivity (Wildman–Crippen MR) is 97.3 cm³/mol. The molecule has 2 aromatic rings. The number of nitrogens with zero attached hydrogens (tertiary/aromatic N) is 3. The van der Waals surface area contributed by atoms with Gasteiger partial charge in [-0.05, 0) is 43.5 Å². The summed E-state index contributed by atoms with van der Waals surface area (Å²) in [6, 6.07) is 12.4. The van der Waals surface area contributed by atoms with Gasteiger partial charge < -0.3 is 9.80 Å². The van der Waals surface area contributed by atoms with E-state index in [2.05, 4.69) is 41.9 Å². The van der Waals surface area contributed by atoms with Crippen LogP contribution in [0.3, 0.4) is 0 Å². The van der Waals surface area contributed by atoms with Gasteiger partial charge in [-0.25, -0.2) is 4.98 Å². The topological polar surface area (TPSA) is 36.4 Å². The largest absolute Gasteiger partial charge is 0.353 e. The molecule has 0 spiro atoms. The Morgan fingerprint density at radius 3 is 2.54 bits per heavy atom. The van der Waals surface area contributed by atoms with Crippen molar-refractivity contribution in [2.24, 2.45) is 0 Å². The lowest BCUT2D eigenvalue weighted by atomic mass is 10.0. The Kier molecular flexibility index (Phi) is 5.14. The average Bonchev–Trinajstić information content (AvgIpc) is 2.62. The third-order valence-electron chi connectivity index (χ3n) is 4.71. The van der Waals surface area contributed by atoms with Crippen LogP contribution in [-0.4, -0.2) is 42.0 Å². The van der Waals surface area contributed by atoms with Crippen LogP contribution < -0.4 is 4.90 Å². The number of hydrogen-bond acceptors (Lipinski definition) is 3. The van der Waals surface area contributed by atoms with Gasteiger partial charge in [0.25, 0.3) is 0 Å². The Hall–Kier alpha value is -2.36. The zero-order chi connectivity index (χ0) is 16.9. The molecule has 1 aromatic heterocycles. The molecular weight excluding hydrogens is 298 g/mol. The minimum atomic E-state index is 0.260. The number of pyridine rings is 1. The molecule has 1 aromatic carbocycles. The number of aromatic nitrogens is 1. The quantitative estimate of drug-likeness (QED) is 0.868. The smallest absolute Gasteiger partial charge is 0.223 e. The summed E-state index contributed by atoms with van der Waals surface area (Å²) in [6.07, 6.45) is 3.23. The highest BCUT2D eigenvalue weighted by atomic mass is 16.2. The summed E-state index contributed by atoms with van der Waals surface area (Å²) in [5.41, 5.74) is 3.83. The van der Waals surface area contributed by atoms with Crippen LogP contribution in [0.2, 0.25) is 0 Å². The van der Waals surface area contributed by atoms with Crippen LogP contribution in [0.25, 0.3) is 0 Å². The molecule has 0 radical (unpaired) electrons. The van der Waals surface area contributed by atoms with Gasteiger partial charge in [-0.15, -0.1) is 0 Å². The Labute approximate surface area is 144 Å². The van der Waals surface area contributed by atoms with E-state index < -0.39 is 0 Å². The molecule has 2 heterocycles. The average molecular weight is 323 g/mol. The summed E-state index contributed by atoms with van der Waals surface area (Å²) in [5.74, 6) is 1.26. The fraction of sp³-hybridized carbons (Fsp3) is 0.400. The number of aryl methyl sites for hydroxylation is 3. The van der Waals surface area contributed by atoms with Crippen LogP contribution in [-0.2, 0) is 11.2 Å². The Bertz CT molecular complexity index is 691.